The lowest BCUT2D eigenvalue weighted by molar-refractivity contribution is 0.0585. The minimum Gasteiger partial charge on any atom is -0.397 e. The molecule has 106 valence electrons. The molecule has 0 spiro atoms. The van der Waals surface area contributed by atoms with Crippen LogP contribution < -0.4 is 5.73 Å². The molecule has 19 heavy (non-hydrogen) atoms. The number of carbonyl (C=O) groups excluding carboxylic acids is 1. The minimum absolute atomic E-state index is 0.0376. The van der Waals surface area contributed by atoms with Gasteiger partial charge in [-0.15, -0.1) is 0 Å². The molecule has 1 aliphatic rings. The third kappa shape index (κ3) is 3.10. The molecule has 2 N–H and O–H groups in total. The standard InChI is InChI=1S/C14H23N3O2/c1-10(11-4-5-11)17(6-7-19-3)14(18)13-8-12(15)9-16(13)2/h8-11H,4-7,15H2,1-3H3. The van der Waals surface area contributed by atoms with E-state index in [-0.39, 0.29) is 11.9 Å². The molecule has 1 saturated carbocycles. The van der Waals surface area contributed by atoms with E-state index < -0.39 is 0 Å². The lowest BCUT2D eigenvalue weighted by Gasteiger charge is -2.29. The average molecular weight is 265 g/mol. The van der Waals surface area contributed by atoms with E-state index in [0.717, 1.165) is 0 Å². The lowest BCUT2D eigenvalue weighted by Crippen LogP contribution is -2.42. The lowest BCUT2D eigenvalue weighted by atomic mass is 10.1. The molecule has 1 amide bonds. The van der Waals surface area contributed by atoms with Gasteiger partial charge in [-0.3, -0.25) is 4.79 Å². The summed E-state index contributed by atoms with van der Waals surface area (Å²) in [5.41, 5.74) is 7.01. The maximum Gasteiger partial charge on any atom is 0.270 e. The fraction of sp³-hybridized carbons (Fsp3) is 0.643. The highest BCUT2D eigenvalue weighted by Gasteiger charge is 2.35. The number of hydrogen-bond donors (Lipinski definition) is 1. The zero-order valence-corrected chi connectivity index (χ0v) is 11.9. The van der Waals surface area contributed by atoms with Gasteiger partial charge in [-0.05, 0) is 31.7 Å². The first-order chi connectivity index (χ1) is 9.04. The first-order valence-electron chi connectivity index (χ1n) is 6.76. The highest BCUT2D eigenvalue weighted by Crippen LogP contribution is 2.35. The topological polar surface area (TPSA) is 60.5 Å². The summed E-state index contributed by atoms with van der Waals surface area (Å²) < 4.78 is 6.91. The van der Waals surface area contributed by atoms with E-state index in [4.69, 9.17) is 10.5 Å². The molecular formula is C14H23N3O2. The summed E-state index contributed by atoms with van der Waals surface area (Å²) >= 11 is 0. The number of anilines is 1. The summed E-state index contributed by atoms with van der Waals surface area (Å²) in [6.45, 7) is 3.30. The van der Waals surface area contributed by atoms with Crippen LogP contribution in [-0.2, 0) is 11.8 Å². The van der Waals surface area contributed by atoms with E-state index in [0.29, 0.717) is 30.5 Å². The largest absolute Gasteiger partial charge is 0.397 e. The fourth-order valence-electron chi connectivity index (χ4n) is 2.46. The molecule has 0 aromatic carbocycles. The second kappa shape index (κ2) is 5.65. The number of nitrogens with zero attached hydrogens (tertiary/aromatic N) is 2. The second-order valence-electron chi connectivity index (χ2n) is 5.34. The van der Waals surface area contributed by atoms with E-state index in [9.17, 15) is 4.79 Å². The molecule has 0 radical (unpaired) electrons. The van der Waals surface area contributed by atoms with Gasteiger partial charge < -0.3 is 19.9 Å². The number of amides is 1. The molecular weight excluding hydrogens is 242 g/mol. The summed E-state index contributed by atoms with van der Waals surface area (Å²) in [6.07, 6.45) is 4.20. The molecule has 1 aliphatic carbocycles. The molecule has 1 heterocycles. The number of ether oxygens (including phenoxy) is 1. The van der Waals surface area contributed by atoms with Crippen LogP contribution >= 0.6 is 0 Å². The number of carbonyl (C=O) groups is 1. The summed E-state index contributed by atoms with van der Waals surface area (Å²) in [5, 5.41) is 0. The quantitative estimate of drug-likeness (QED) is 0.848. The van der Waals surface area contributed by atoms with Crippen molar-refractivity contribution in [2.45, 2.75) is 25.8 Å². The van der Waals surface area contributed by atoms with Crippen LogP contribution in [0, 0.1) is 5.92 Å². The van der Waals surface area contributed by atoms with Gasteiger partial charge in [-0.25, -0.2) is 0 Å². The van der Waals surface area contributed by atoms with Crippen molar-refractivity contribution >= 4 is 11.6 Å². The Labute approximate surface area is 114 Å². The van der Waals surface area contributed by atoms with Crippen molar-refractivity contribution in [2.75, 3.05) is 26.0 Å². The highest BCUT2D eigenvalue weighted by atomic mass is 16.5. The van der Waals surface area contributed by atoms with Crippen LogP contribution in [0.4, 0.5) is 5.69 Å². The summed E-state index contributed by atoms with van der Waals surface area (Å²) in [7, 11) is 3.50. The van der Waals surface area contributed by atoms with Crippen LogP contribution in [0.1, 0.15) is 30.3 Å². The molecule has 5 heteroatoms. The minimum atomic E-state index is 0.0376. The van der Waals surface area contributed by atoms with Crippen LogP contribution in [0.3, 0.4) is 0 Å². The monoisotopic (exact) mass is 265 g/mol. The number of hydrogen-bond acceptors (Lipinski definition) is 3. The normalized spacial score (nSPS) is 16.4. The number of nitrogen functional groups attached to an aromatic ring is 1. The van der Waals surface area contributed by atoms with Gasteiger partial charge in [0.05, 0.1) is 12.3 Å². The van der Waals surface area contributed by atoms with Crippen molar-refractivity contribution in [1.29, 1.82) is 0 Å². The molecule has 0 saturated heterocycles. The Hall–Kier alpha value is -1.49. The van der Waals surface area contributed by atoms with E-state index in [1.54, 1.807) is 23.9 Å². The van der Waals surface area contributed by atoms with Gasteiger partial charge in [0.25, 0.3) is 5.91 Å². The average Bonchev–Trinajstić information content (AvgIpc) is 3.15. The predicted octanol–water partition coefficient (Wildman–Crippen LogP) is 1.49. The summed E-state index contributed by atoms with van der Waals surface area (Å²) in [5.74, 6) is 0.675. The Balaban J connectivity index is 2.16. The van der Waals surface area contributed by atoms with Crippen LogP contribution in [0.15, 0.2) is 12.3 Å². The number of nitrogens with two attached hydrogens (primary N) is 1. The first kappa shape index (κ1) is 13.9. The molecule has 5 nitrogen and oxygen atoms in total. The van der Waals surface area contributed by atoms with Crippen molar-refractivity contribution in [2.24, 2.45) is 13.0 Å². The Bertz CT molecular complexity index is 452. The number of rotatable bonds is 6. The van der Waals surface area contributed by atoms with Crippen molar-refractivity contribution in [3.63, 3.8) is 0 Å². The van der Waals surface area contributed by atoms with E-state index in [1.807, 2.05) is 11.9 Å². The van der Waals surface area contributed by atoms with Crippen LogP contribution in [0.5, 0.6) is 0 Å². The van der Waals surface area contributed by atoms with Crippen molar-refractivity contribution in [3.05, 3.63) is 18.0 Å². The molecule has 1 aromatic heterocycles. The van der Waals surface area contributed by atoms with Crippen molar-refractivity contribution in [1.82, 2.24) is 9.47 Å². The fourth-order valence-corrected chi connectivity index (χ4v) is 2.46. The highest BCUT2D eigenvalue weighted by molar-refractivity contribution is 5.94. The molecule has 0 bridgehead atoms. The van der Waals surface area contributed by atoms with Gasteiger partial charge >= 0.3 is 0 Å². The van der Waals surface area contributed by atoms with Gasteiger partial charge in [0.15, 0.2) is 0 Å². The third-order valence-corrected chi connectivity index (χ3v) is 3.84. The maximum atomic E-state index is 12.7. The van der Waals surface area contributed by atoms with Gasteiger partial charge in [-0.2, -0.15) is 0 Å². The van der Waals surface area contributed by atoms with Crippen LogP contribution in [0.25, 0.3) is 0 Å². The predicted molar refractivity (Wildman–Crippen MR) is 74.9 cm³/mol. The Morgan fingerprint density at radius 2 is 2.32 bits per heavy atom. The van der Waals surface area contributed by atoms with Gasteiger partial charge in [-0.1, -0.05) is 0 Å². The Morgan fingerprint density at radius 1 is 1.63 bits per heavy atom. The van der Waals surface area contributed by atoms with E-state index in [1.165, 1.54) is 12.8 Å². The molecule has 0 aliphatic heterocycles. The zero-order chi connectivity index (χ0) is 14.0. The van der Waals surface area contributed by atoms with Crippen molar-refractivity contribution in [3.8, 4) is 0 Å². The Morgan fingerprint density at radius 3 is 2.79 bits per heavy atom. The van der Waals surface area contributed by atoms with E-state index >= 15 is 0 Å². The van der Waals surface area contributed by atoms with Gasteiger partial charge in [0.2, 0.25) is 0 Å². The van der Waals surface area contributed by atoms with Crippen LogP contribution in [-0.4, -0.2) is 41.7 Å². The first-order valence-corrected chi connectivity index (χ1v) is 6.76. The molecule has 1 aromatic rings. The molecule has 1 unspecified atom stereocenters. The summed E-state index contributed by atoms with van der Waals surface area (Å²) in [6, 6.07) is 2.00. The molecule has 1 atom stereocenters. The number of aryl methyl sites for hydroxylation is 1. The zero-order valence-electron chi connectivity index (χ0n) is 11.9. The summed E-state index contributed by atoms with van der Waals surface area (Å²) in [4.78, 5) is 14.6. The molecule has 1 fully saturated rings. The van der Waals surface area contributed by atoms with E-state index in [2.05, 4.69) is 6.92 Å². The van der Waals surface area contributed by atoms with Gasteiger partial charge in [0.1, 0.15) is 5.69 Å². The van der Waals surface area contributed by atoms with Crippen LogP contribution in [0.2, 0.25) is 0 Å². The maximum absolute atomic E-state index is 12.7. The van der Waals surface area contributed by atoms with Gasteiger partial charge in [0, 0.05) is 32.9 Å². The number of aromatic nitrogens is 1. The SMILES string of the molecule is COCCN(C(=O)c1cc(N)cn1C)C(C)C1CC1. The Kier molecular flexibility index (Phi) is 4.14. The molecule has 2 rings (SSSR count). The second-order valence-corrected chi connectivity index (χ2v) is 5.34. The van der Waals surface area contributed by atoms with Crippen molar-refractivity contribution < 1.29 is 9.53 Å². The number of methoxy groups -OCH3 is 1. The smallest absolute Gasteiger partial charge is 0.270 e. The third-order valence-electron chi connectivity index (χ3n) is 3.84.